The molecule has 7 heteroatoms. The molecule has 144 valence electrons. The fraction of sp³-hybridized carbons (Fsp3) is 0.286. The van der Waals surface area contributed by atoms with E-state index in [9.17, 15) is 9.59 Å². The van der Waals surface area contributed by atoms with E-state index in [4.69, 9.17) is 4.74 Å². The number of nitrogens with zero attached hydrogens (tertiary/aromatic N) is 2. The number of ketones is 1. The summed E-state index contributed by atoms with van der Waals surface area (Å²) in [7, 11) is 1.57. The van der Waals surface area contributed by atoms with Crippen molar-refractivity contribution in [3.05, 3.63) is 58.4 Å². The quantitative estimate of drug-likeness (QED) is 0.574. The number of methoxy groups -OCH3 is 1. The third kappa shape index (κ3) is 3.72. The molecular formula is C21H20N2O3S2. The van der Waals surface area contributed by atoms with Crippen molar-refractivity contribution in [3.63, 3.8) is 0 Å². The second kappa shape index (κ2) is 8.24. The Labute approximate surface area is 171 Å². The lowest BCUT2D eigenvalue weighted by Gasteiger charge is -2.31. The number of benzene rings is 1. The molecule has 1 saturated heterocycles. The van der Waals surface area contributed by atoms with E-state index in [1.807, 2.05) is 35.0 Å². The predicted octanol–water partition coefficient (Wildman–Crippen LogP) is 4.62. The summed E-state index contributed by atoms with van der Waals surface area (Å²) in [6.45, 7) is 1.07. The minimum absolute atomic E-state index is 0.0347. The van der Waals surface area contributed by atoms with Crippen LogP contribution < -0.4 is 4.74 Å². The van der Waals surface area contributed by atoms with Crippen LogP contribution in [0.15, 0.2) is 47.2 Å². The van der Waals surface area contributed by atoms with E-state index in [1.54, 1.807) is 35.5 Å². The highest BCUT2D eigenvalue weighted by atomic mass is 32.1. The van der Waals surface area contributed by atoms with Crippen molar-refractivity contribution >= 4 is 34.4 Å². The normalized spacial score (nSPS) is 16.8. The van der Waals surface area contributed by atoms with Crippen LogP contribution in [0.4, 0.5) is 0 Å². The molecule has 0 radical (unpaired) electrons. The number of para-hydroxylation sites is 1. The molecule has 28 heavy (non-hydrogen) atoms. The lowest BCUT2D eigenvalue weighted by molar-refractivity contribution is 0.0632. The van der Waals surface area contributed by atoms with Crippen LogP contribution >= 0.6 is 22.7 Å². The van der Waals surface area contributed by atoms with Crippen molar-refractivity contribution in [2.75, 3.05) is 20.2 Å². The first-order valence-electron chi connectivity index (χ1n) is 9.13. The van der Waals surface area contributed by atoms with Gasteiger partial charge in [-0.05, 0) is 36.4 Å². The van der Waals surface area contributed by atoms with Gasteiger partial charge in [0.15, 0.2) is 5.78 Å². The number of carbonyl (C=O) groups is 2. The summed E-state index contributed by atoms with van der Waals surface area (Å²) < 4.78 is 5.33. The maximum Gasteiger partial charge on any atom is 0.273 e. The topological polar surface area (TPSA) is 59.5 Å². The Morgan fingerprint density at radius 3 is 2.82 bits per heavy atom. The molecule has 4 rings (SSSR count). The van der Waals surface area contributed by atoms with E-state index in [0.29, 0.717) is 30.1 Å². The van der Waals surface area contributed by atoms with Gasteiger partial charge >= 0.3 is 0 Å². The van der Waals surface area contributed by atoms with Crippen LogP contribution in [0, 0.1) is 5.92 Å². The van der Waals surface area contributed by atoms with Gasteiger partial charge in [0.25, 0.3) is 5.91 Å². The van der Waals surface area contributed by atoms with E-state index in [1.165, 1.54) is 11.3 Å². The molecular weight excluding hydrogens is 392 g/mol. The lowest BCUT2D eigenvalue weighted by Crippen LogP contribution is -2.42. The summed E-state index contributed by atoms with van der Waals surface area (Å²) in [6.07, 6.45) is 1.58. The molecule has 0 saturated carbocycles. The molecule has 3 heterocycles. The zero-order valence-corrected chi connectivity index (χ0v) is 17.1. The molecule has 1 atom stereocenters. The highest BCUT2D eigenvalue weighted by molar-refractivity contribution is 7.20. The molecule has 2 aromatic heterocycles. The van der Waals surface area contributed by atoms with Crippen LogP contribution in [0.3, 0.4) is 0 Å². The third-order valence-corrected chi connectivity index (χ3v) is 6.79. The van der Waals surface area contributed by atoms with Crippen LogP contribution in [-0.4, -0.2) is 41.8 Å². The Kier molecular flexibility index (Phi) is 5.54. The van der Waals surface area contributed by atoms with Gasteiger partial charge < -0.3 is 9.64 Å². The van der Waals surface area contributed by atoms with Gasteiger partial charge in [0.1, 0.15) is 16.5 Å². The smallest absolute Gasteiger partial charge is 0.273 e. The number of likely N-dealkylation sites (tertiary alicyclic amines) is 1. The van der Waals surface area contributed by atoms with Crippen LogP contribution in [0.1, 0.15) is 33.7 Å². The van der Waals surface area contributed by atoms with Crippen LogP contribution in [0.2, 0.25) is 0 Å². The molecule has 0 spiro atoms. The van der Waals surface area contributed by atoms with Gasteiger partial charge in [-0.3, -0.25) is 9.59 Å². The molecule has 0 N–H and O–H groups in total. The zero-order valence-electron chi connectivity index (χ0n) is 15.5. The molecule has 1 aliphatic rings. The minimum Gasteiger partial charge on any atom is -0.496 e. The molecule has 1 amide bonds. The average Bonchev–Trinajstić information content (AvgIpc) is 3.44. The van der Waals surface area contributed by atoms with E-state index in [0.717, 1.165) is 22.7 Å². The first-order chi connectivity index (χ1) is 13.7. The monoisotopic (exact) mass is 412 g/mol. The number of ether oxygens (including phenoxy) is 1. The number of amides is 1. The number of rotatable bonds is 5. The summed E-state index contributed by atoms with van der Waals surface area (Å²) in [5, 5.41) is 4.66. The highest BCUT2D eigenvalue weighted by Gasteiger charge is 2.31. The summed E-state index contributed by atoms with van der Waals surface area (Å²) in [6, 6.07) is 11.2. The predicted molar refractivity (Wildman–Crippen MR) is 111 cm³/mol. The van der Waals surface area contributed by atoms with E-state index in [2.05, 4.69) is 4.98 Å². The van der Waals surface area contributed by atoms with Crippen molar-refractivity contribution in [3.8, 4) is 15.6 Å². The number of hydrogen-bond acceptors (Lipinski definition) is 6. The second-order valence-corrected chi connectivity index (χ2v) is 8.48. The summed E-state index contributed by atoms with van der Waals surface area (Å²) in [5.74, 6) is 0.296. The Morgan fingerprint density at radius 2 is 2.04 bits per heavy atom. The van der Waals surface area contributed by atoms with Gasteiger partial charge in [-0.2, -0.15) is 0 Å². The molecule has 5 nitrogen and oxygen atoms in total. The number of aromatic nitrogens is 1. The van der Waals surface area contributed by atoms with Crippen molar-refractivity contribution in [2.45, 2.75) is 12.8 Å². The Hall–Kier alpha value is -2.51. The number of thiophene rings is 1. The first kappa shape index (κ1) is 18.8. The van der Waals surface area contributed by atoms with Crippen LogP contribution in [0.25, 0.3) is 9.88 Å². The molecule has 0 bridgehead atoms. The molecule has 1 aromatic carbocycles. The van der Waals surface area contributed by atoms with Gasteiger partial charge in [0.2, 0.25) is 0 Å². The Balaban J connectivity index is 1.49. The fourth-order valence-electron chi connectivity index (χ4n) is 3.49. The number of carbonyl (C=O) groups excluding carboxylic acids is 2. The SMILES string of the molecule is COc1ccccc1C(=O)[C@@H]1CCCN(C(=O)c2csc(-c3cccs3)n2)C1. The largest absolute Gasteiger partial charge is 0.496 e. The van der Waals surface area contributed by atoms with Crippen molar-refractivity contribution in [2.24, 2.45) is 5.92 Å². The van der Waals surface area contributed by atoms with Crippen LogP contribution in [-0.2, 0) is 0 Å². The van der Waals surface area contributed by atoms with E-state index in [-0.39, 0.29) is 17.6 Å². The van der Waals surface area contributed by atoms with Gasteiger partial charge in [-0.15, -0.1) is 22.7 Å². The Morgan fingerprint density at radius 1 is 1.18 bits per heavy atom. The number of piperidine rings is 1. The fourth-order valence-corrected chi connectivity index (χ4v) is 5.10. The molecule has 1 aliphatic heterocycles. The second-order valence-electron chi connectivity index (χ2n) is 6.67. The van der Waals surface area contributed by atoms with E-state index >= 15 is 0 Å². The van der Waals surface area contributed by atoms with Gasteiger partial charge in [0, 0.05) is 24.4 Å². The average molecular weight is 413 g/mol. The third-order valence-electron chi connectivity index (χ3n) is 4.91. The highest BCUT2D eigenvalue weighted by Crippen LogP contribution is 2.30. The standard InChI is InChI=1S/C21H20N2O3S2/c1-26-17-8-3-2-7-15(17)19(24)14-6-4-10-23(12-14)21(25)16-13-28-20(22-16)18-9-5-11-27-18/h2-3,5,7-9,11,13-14H,4,6,10,12H2,1H3/t14-/m1/s1. The summed E-state index contributed by atoms with van der Waals surface area (Å²) in [4.78, 5) is 33.3. The molecule has 1 fully saturated rings. The van der Waals surface area contributed by atoms with Crippen molar-refractivity contribution in [1.29, 1.82) is 0 Å². The summed E-state index contributed by atoms with van der Waals surface area (Å²) in [5.41, 5.74) is 1.04. The van der Waals surface area contributed by atoms with Gasteiger partial charge in [-0.25, -0.2) is 4.98 Å². The van der Waals surface area contributed by atoms with E-state index < -0.39 is 0 Å². The van der Waals surface area contributed by atoms with Crippen molar-refractivity contribution in [1.82, 2.24) is 9.88 Å². The lowest BCUT2D eigenvalue weighted by atomic mass is 9.89. The van der Waals surface area contributed by atoms with Gasteiger partial charge in [-0.1, -0.05) is 18.2 Å². The first-order valence-corrected chi connectivity index (χ1v) is 10.9. The molecule has 0 aliphatic carbocycles. The number of thiazole rings is 1. The molecule has 3 aromatic rings. The number of Topliss-reactive ketones (excluding diaryl/α,β-unsaturated/α-hetero) is 1. The molecule has 0 unspecified atom stereocenters. The minimum atomic E-state index is -0.218. The summed E-state index contributed by atoms with van der Waals surface area (Å²) >= 11 is 3.09. The zero-order chi connectivity index (χ0) is 19.5. The maximum atomic E-state index is 13.0. The van der Waals surface area contributed by atoms with Crippen LogP contribution in [0.5, 0.6) is 5.75 Å². The Bertz CT molecular complexity index is 981. The maximum absolute atomic E-state index is 13.0. The number of hydrogen-bond donors (Lipinski definition) is 0. The van der Waals surface area contributed by atoms with Gasteiger partial charge in [0.05, 0.1) is 17.6 Å². The van der Waals surface area contributed by atoms with Crippen molar-refractivity contribution < 1.29 is 14.3 Å².